The van der Waals surface area contributed by atoms with E-state index in [0.717, 1.165) is 16.6 Å². The van der Waals surface area contributed by atoms with Crippen LogP contribution in [-0.2, 0) is 5.54 Å². The van der Waals surface area contributed by atoms with E-state index in [2.05, 4.69) is 40.0 Å². The first-order valence-electron chi connectivity index (χ1n) is 4.84. The van der Waals surface area contributed by atoms with Gasteiger partial charge >= 0.3 is 0 Å². The molecule has 1 atom stereocenters. The van der Waals surface area contributed by atoms with Gasteiger partial charge in [-0.2, -0.15) is 0 Å². The lowest BCUT2D eigenvalue weighted by molar-refractivity contribution is 0.482. The highest BCUT2D eigenvalue weighted by molar-refractivity contribution is 9.10. The highest BCUT2D eigenvalue weighted by Crippen LogP contribution is 2.35. The molecule has 2 nitrogen and oxygen atoms in total. The number of halogens is 2. The summed E-state index contributed by atoms with van der Waals surface area (Å²) in [6, 6.07) is 8.29. The predicted molar refractivity (Wildman–Crippen MR) is 77.4 cm³/mol. The van der Waals surface area contributed by atoms with Crippen LogP contribution in [0.1, 0.15) is 18.9 Å². The molecule has 1 aliphatic heterocycles. The van der Waals surface area contributed by atoms with Crippen molar-refractivity contribution in [2.75, 3.05) is 5.75 Å². The van der Waals surface area contributed by atoms with Crippen molar-refractivity contribution in [1.29, 1.82) is 0 Å². The van der Waals surface area contributed by atoms with Gasteiger partial charge in [0.25, 0.3) is 0 Å². The first kappa shape index (κ1) is 13.9. The summed E-state index contributed by atoms with van der Waals surface area (Å²) in [6.07, 6.45) is 1.04. The number of benzene rings is 1. The van der Waals surface area contributed by atoms with Crippen LogP contribution in [0.2, 0.25) is 0 Å². The molecule has 2 rings (SSSR count). The van der Waals surface area contributed by atoms with E-state index >= 15 is 0 Å². The van der Waals surface area contributed by atoms with Crippen molar-refractivity contribution in [2.24, 2.45) is 10.7 Å². The summed E-state index contributed by atoms with van der Waals surface area (Å²) in [4.78, 5) is 4.56. The van der Waals surface area contributed by atoms with E-state index in [9.17, 15) is 0 Å². The van der Waals surface area contributed by atoms with Crippen molar-refractivity contribution in [1.82, 2.24) is 0 Å². The van der Waals surface area contributed by atoms with Crippen LogP contribution in [0.5, 0.6) is 0 Å². The molecule has 0 saturated carbocycles. The summed E-state index contributed by atoms with van der Waals surface area (Å²) in [5, 5.41) is 0.698. The smallest absolute Gasteiger partial charge is 0.154 e. The number of amidine groups is 1. The Balaban J connectivity index is 0.00000128. The number of hydrogen-bond donors (Lipinski definition) is 1. The molecule has 0 radical (unpaired) electrons. The van der Waals surface area contributed by atoms with E-state index in [1.807, 2.05) is 12.1 Å². The molecule has 1 unspecified atom stereocenters. The first-order chi connectivity index (χ1) is 7.10. The van der Waals surface area contributed by atoms with E-state index < -0.39 is 0 Å². The third-order valence-corrected chi connectivity index (χ3v) is 3.93. The molecule has 0 aromatic heterocycles. The molecule has 1 aromatic rings. The van der Waals surface area contributed by atoms with Crippen LogP contribution in [0.15, 0.2) is 33.7 Å². The Morgan fingerprint density at radius 1 is 1.50 bits per heavy atom. The minimum Gasteiger partial charge on any atom is -0.379 e. The normalized spacial score (nSPS) is 24.5. The molecule has 1 aliphatic rings. The van der Waals surface area contributed by atoms with E-state index in [1.54, 1.807) is 11.8 Å². The molecular weight excluding hydrogens is 308 g/mol. The van der Waals surface area contributed by atoms with E-state index in [-0.39, 0.29) is 17.9 Å². The number of thioether (sulfide) groups is 1. The lowest BCUT2D eigenvalue weighted by Gasteiger charge is -2.29. The van der Waals surface area contributed by atoms with Crippen molar-refractivity contribution in [2.45, 2.75) is 18.9 Å². The maximum atomic E-state index is 5.79. The Hall–Kier alpha value is -0.190. The largest absolute Gasteiger partial charge is 0.379 e. The van der Waals surface area contributed by atoms with E-state index in [1.165, 1.54) is 5.56 Å². The zero-order valence-electron chi connectivity index (χ0n) is 8.94. The van der Waals surface area contributed by atoms with Crippen LogP contribution in [0.25, 0.3) is 0 Å². The van der Waals surface area contributed by atoms with Crippen molar-refractivity contribution in [3.8, 4) is 0 Å². The van der Waals surface area contributed by atoms with Gasteiger partial charge in [-0.3, -0.25) is 4.99 Å². The lowest BCUT2D eigenvalue weighted by Crippen LogP contribution is -2.28. The molecule has 0 bridgehead atoms. The summed E-state index contributed by atoms with van der Waals surface area (Å²) in [6.45, 7) is 2.14. The van der Waals surface area contributed by atoms with E-state index in [0.29, 0.717) is 5.17 Å². The molecule has 2 N–H and O–H groups in total. The first-order valence-corrected chi connectivity index (χ1v) is 6.62. The highest BCUT2D eigenvalue weighted by atomic mass is 79.9. The topological polar surface area (TPSA) is 38.4 Å². The van der Waals surface area contributed by atoms with Crippen LogP contribution in [0.3, 0.4) is 0 Å². The molecule has 1 aromatic carbocycles. The SMILES string of the molecule is CC1(c2cccc(Br)c2)CCSC(N)=N1.Cl. The molecule has 0 fully saturated rings. The fraction of sp³-hybridized carbons (Fsp3) is 0.364. The molecular formula is C11H14BrClN2S. The number of nitrogens with zero attached hydrogens (tertiary/aromatic N) is 1. The van der Waals surface area contributed by atoms with Gasteiger partial charge in [0.1, 0.15) is 0 Å². The van der Waals surface area contributed by atoms with Gasteiger partial charge in [-0.15, -0.1) is 12.4 Å². The summed E-state index contributed by atoms with van der Waals surface area (Å²) < 4.78 is 1.09. The number of hydrogen-bond acceptors (Lipinski definition) is 3. The van der Waals surface area contributed by atoms with Gasteiger partial charge < -0.3 is 5.73 Å². The average molecular weight is 322 g/mol. The molecule has 0 amide bonds. The Kier molecular flexibility index (Phi) is 4.71. The van der Waals surface area contributed by atoms with Crippen LogP contribution in [-0.4, -0.2) is 10.9 Å². The van der Waals surface area contributed by atoms with Gasteiger partial charge in [0.2, 0.25) is 0 Å². The van der Waals surface area contributed by atoms with Gasteiger partial charge in [0.15, 0.2) is 5.17 Å². The molecule has 16 heavy (non-hydrogen) atoms. The lowest BCUT2D eigenvalue weighted by atomic mass is 9.90. The second-order valence-electron chi connectivity index (χ2n) is 3.83. The van der Waals surface area contributed by atoms with Crippen LogP contribution in [0.4, 0.5) is 0 Å². The molecule has 0 spiro atoms. The Bertz CT molecular complexity index is 411. The van der Waals surface area contributed by atoms with Crippen molar-refractivity contribution in [3.05, 3.63) is 34.3 Å². The summed E-state index contributed by atoms with van der Waals surface area (Å²) in [5.74, 6) is 1.04. The maximum absolute atomic E-state index is 5.79. The second kappa shape index (κ2) is 5.43. The van der Waals surface area contributed by atoms with E-state index in [4.69, 9.17) is 5.73 Å². The Labute approximate surface area is 115 Å². The molecule has 0 saturated heterocycles. The fourth-order valence-electron chi connectivity index (χ4n) is 1.72. The molecule has 1 heterocycles. The summed E-state index contributed by atoms with van der Waals surface area (Å²) in [5.41, 5.74) is 6.86. The quantitative estimate of drug-likeness (QED) is 0.859. The van der Waals surface area contributed by atoms with Crippen molar-refractivity contribution < 1.29 is 0 Å². The average Bonchev–Trinajstić information content (AvgIpc) is 2.17. The standard InChI is InChI=1S/C11H13BrN2S.ClH/c1-11(5-6-15-10(13)14-11)8-3-2-4-9(12)7-8;/h2-4,7H,5-6H2,1H3,(H2,13,14);1H. The van der Waals surface area contributed by atoms with Crippen LogP contribution >= 0.6 is 40.1 Å². The minimum absolute atomic E-state index is 0. The zero-order chi connectivity index (χ0) is 10.9. The number of aliphatic imine (C=N–C) groups is 1. The molecule has 0 aliphatic carbocycles. The number of nitrogens with two attached hydrogens (primary N) is 1. The van der Waals surface area contributed by atoms with Crippen LogP contribution in [0, 0.1) is 0 Å². The zero-order valence-corrected chi connectivity index (χ0v) is 12.2. The van der Waals surface area contributed by atoms with Crippen LogP contribution < -0.4 is 5.73 Å². The van der Waals surface area contributed by atoms with Gasteiger partial charge in [-0.1, -0.05) is 39.8 Å². The second-order valence-corrected chi connectivity index (χ2v) is 5.86. The Morgan fingerprint density at radius 2 is 2.25 bits per heavy atom. The summed E-state index contributed by atoms with van der Waals surface area (Å²) >= 11 is 5.12. The highest BCUT2D eigenvalue weighted by Gasteiger charge is 2.29. The monoisotopic (exact) mass is 320 g/mol. The summed E-state index contributed by atoms with van der Waals surface area (Å²) in [7, 11) is 0. The number of rotatable bonds is 1. The third-order valence-electron chi connectivity index (χ3n) is 2.64. The molecule has 5 heteroatoms. The molecule has 88 valence electrons. The maximum Gasteiger partial charge on any atom is 0.154 e. The predicted octanol–water partition coefficient (Wildman–Crippen LogP) is 3.54. The Morgan fingerprint density at radius 3 is 2.88 bits per heavy atom. The van der Waals surface area contributed by atoms with Gasteiger partial charge in [0.05, 0.1) is 5.54 Å². The third kappa shape index (κ3) is 2.93. The minimum atomic E-state index is -0.154. The van der Waals surface area contributed by atoms with Crippen molar-refractivity contribution in [3.63, 3.8) is 0 Å². The fourth-order valence-corrected chi connectivity index (χ4v) is 3.09. The van der Waals surface area contributed by atoms with Gasteiger partial charge in [-0.25, -0.2) is 0 Å². The van der Waals surface area contributed by atoms with Gasteiger partial charge in [-0.05, 0) is 31.0 Å². The van der Waals surface area contributed by atoms with Gasteiger partial charge in [0, 0.05) is 10.2 Å². The van der Waals surface area contributed by atoms with Crippen molar-refractivity contribution >= 4 is 45.3 Å².